The molecule has 0 atom stereocenters. The molecule has 0 amide bonds. The van der Waals surface area contributed by atoms with Gasteiger partial charge in [-0.1, -0.05) is 53.7 Å². The fourth-order valence-corrected chi connectivity index (χ4v) is 3.66. The van der Waals surface area contributed by atoms with Crippen LogP contribution in [0.3, 0.4) is 0 Å². The zero-order valence-electron chi connectivity index (χ0n) is 14.5. The molecule has 0 radical (unpaired) electrons. The molecule has 0 unspecified atom stereocenters. The third kappa shape index (κ3) is 3.99. The van der Waals surface area contributed by atoms with E-state index in [4.69, 9.17) is 17.3 Å². The van der Waals surface area contributed by atoms with Crippen molar-refractivity contribution in [1.82, 2.24) is 4.98 Å². The first-order chi connectivity index (χ1) is 13.5. The Hall–Kier alpha value is -3.32. The van der Waals surface area contributed by atoms with Crippen molar-refractivity contribution in [3.8, 4) is 23.3 Å². The third-order valence-electron chi connectivity index (χ3n) is 3.98. The summed E-state index contributed by atoms with van der Waals surface area (Å²) in [4.78, 5) is 16.6. The van der Waals surface area contributed by atoms with Crippen molar-refractivity contribution in [1.29, 1.82) is 10.5 Å². The molecule has 0 aliphatic rings. The van der Waals surface area contributed by atoms with Crippen LogP contribution in [0.5, 0.6) is 0 Å². The van der Waals surface area contributed by atoms with Crippen LogP contribution in [-0.2, 0) is 0 Å². The molecular weight excluding hydrogens is 392 g/mol. The summed E-state index contributed by atoms with van der Waals surface area (Å²) in [5.41, 5.74) is 7.98. The van der Waals surface area contributed by atoms with E-state index in [2.05, 4.69) is 11.1 Å². The number of nitriles is 2. The number of aromatic nitrogens is 1. The lowest BCUT2D eigenvalue weighted by atomic mass is 9.97. The van der Waals surface area contributed by atoms with Crippen molar-refractivity contribution >= 4 is 35.0 Å². The van der Waals surface area contributed by atoms with E-state index in [1.807, 2.05) is 24.3 Å². The summed E-state index contributed by atoms with van der Waals surface area (Å²) in [5, 5.41) is 20.1. The summed E-state index contributed by atoms with van der Waals surface area (Å²) in [5.74, 6) is -0.0265. The SMILES string of the molecule is N#Cc1c(N)nc(SCC(=O)c2ccc(Cl)cc2)c(C#N)c1-c1ccccc1. The van der Waals surface area contributed by atoms with Gasteiger partial charge in [0.2, 0.25) is 0 Å². The minimum Gasteiger partial charge on any atom is -0.383 e. The van der Waals surface area contributed by atoms with Gasteiger partial charge in [-0.15, -0.1) is 0 Å². The van der Waals surface area contributed by atoms with Gasteiger partial charge in [-0.2, -0.15) is 10.5 Å². The Bertz CT molecular complexity index is 1120. The van der Waals surface area contributed by atoms with Gasteiger partial charge in [0.25, 0.3) is 0 Å². The number of hydrogen-bond donors (Lipinski definition) is 1. The number of halogens is 1. The molecule has 0 saturated heterocycles. The van der Waals surface area contributed by atoms with Crippen LogP contribution in [0.1, 0.15) is 21.5 Å². The van der Waals surface area contributed by atoms with Gasteiger partial charge in [0.1, 0.15) is 28.5 Å². The van der Waals surface area contributed by atoms with E-state index in [0.717, 1.165) is 11.8 Å². The van der Waals surface area contributed by atoms with Crippen LogP contribution in [0.2, 0.25) is 5.02 Å². The van der Waals surface area contributed by atoms with E-state index < -0.39 is 0 Å². The molecule has 2 aromatic carbocycles. The molecule has 0 saturated carbocycles. The predicted molar refractivity (Wildman–Crippen MR) is 110 cm³/mol. The Morgan fingerprint density at radius 1 is 1.04 bits per heavy atom. The van der Waals surface area contributed by atoms with Crippen LogP contribution in [-0.4, -0.2) is 16.5 Å². The molecule has 1 heterocycles. The van der Waals surface area contributed by atoms with Crippen molar-refractivity contribution in [2.45, 2.75) is 5.03 Å². The molecule has 5 nitrogen and oxygen atoms in total. The fraction of sp³-hybridized carbons (Fsp3) is 0.0476. The van der Waals surface area contributed by atoms with Gasteiger partial charge in [0, 0.05) is 16.1 Å². The van der Waals surface area contributed by atoms with Crippen LogP contribution >= 0.6 is 23.4 Å². The van der Waals surface area contributed by atoms with Crippen molar-refractivity contribution in [2.75, 3.05) is 11.5 Å². The summed E-state index contributed by atoms with van der Waals surface area (Å²) in [6.07, 6.45) is 0. The van der Waals surface area contributed by atoms with E-state index in [1.54, 1.807) is 36.4 Å². The highest BCUT2D eigenvalue weighted by atomic mass is 35.5. The highest BCUT2D eigenvalue weighted by Crippen LogP contribution is 2.35. The molecule has 0 aliphatic carbocycles. The van der Waals surface area contributed by atoms with Crippen molar-refractivity contribution in [3.05, 3.63) is 76.3 Å². The maximum absolute atomic E-state index is 12.4. The second kappa shape index (κ2) is 8.58. The van der Waals surface area contributed by atoms with Crippen molar-refractivity contribution in [2.24, 2.45) is 0 Å². The molecule has 0 spiro atoms. The number of thioether (sulfide) groups is 1. The molecule has 1 aromatic heterocycles. The summed E-state index contributed by atoms with van der Waals surface area (Å²) in [7, 11) is 0. The van der Waals surface area contributed by atoms with Crippen LogP contribution in [0, 0.1) is 22.7 Å². The minimum absolute atomic E-state index is 0.0294. The molecule has 0 bridgehead atoms. The van der Waals surface area contributed by atoms with Gasteiger partial charge in [-0.3, -0.25) is 4.79 Å². The molecule has 3 rings (SSSR count). The molecule has 0 fully saturated rings. The number of carbonyl (C=O) groups is 1. The number of benzene rings is 2. The van der Waals surface area contributed by atoms with Gasteiger partial charge in [0.05, 0.1) is 11.3 Å². The van der Waals surface area contributed by atoms with Gasteiger partial charge in [0.15, 0.2) is 5.78 Å². The number of hydrogen-bond acceptors (Lipinski definition) is 6. The number of carbonyl (C=O) groups excluding carboxylic acids is 1. The first kappa shape index (κ1) is 19.4. The summed E-state index contributed by atoms with van der Waals surface area (Å²) >= 11 is 6.96. The van der Waals surface area contributed by atoms with Gasteiger partial charge in [-0.25, -0.2) is 4.98 Å². The maximum Gasteiger partial charge on any atom is 0.173 e. The number of rotatable bonds is 5. The fourth-order valence-electron chi connectivity index (χ4n) is 2.65. The Balaban J connectivity index is 1.99. The van der Waals surface area contributed by atoms with Crippen LogP contribution in [0.25, 0.3) is 11.1 Å². The molecule has 28 heavy (non-hydrogen) atoms. The van der Waals surface area contributed by atoms with Gasteiger partial charge >= 0.3 is 0 Å². The van der Waals surface area contributed by atoms with E-state index in [-0.39, 0.29) is 28.5 Å². The number of anilines is 1. The third-order valence-corrected chi connectivity index (χ3v) is 5.21. The number of pyridine rings is 1. The van der Waals surface area contributed by atoms with E-state index >= 15 is 0 Å². The van der Waals surface area contributed by atoms with E-state index in [1.165, 1.54) is 0 Å². The minimum atomic E-state index is -0.128. The van der Waals surface area contributed by atoms with Crippen molar-refractivity contribution < 1.29 is 4.79 Å². The largest absolute Gasteiger partial charge is 0.383 e. The number of nitrogens with zero attached hydrogens (tertiary/aromatic N) is 3. The normalized spacial score (nSPS) is 10.1. The molecule has 2 N–H and O–H groups in total. The summed E-state index contributed by atoms with van der Waals surface area (Å²) < 4.78 is 0. The Kier molecular flexibility index (Phi) is 5.96. The average Bonchev–Trinajstić information content (AvgIpc) is 2.72. The average molecular weight is 405 g/mol. The Morgan fingerprint density at radius 2 is 1.68 bits per heavy atom. The molecule has 0 aliphatic heterocycles. The maximum atomic E-state index is 12.4. The lowest BCUT2D eigenvalue weighted by molar-refractivity contribution is 0.102. The smallest absolute Gasteiger partial charge is 0.173 e. The number of Topliss-reactive ketones (excluding diaryl/α,β-unsaturated/α-hetero) is 1. The molecule has 136 valence electrons. The van der Waals surface area contributed by atoms with E-state index in [0.29, 0.717) is 26.7 Å². The zero-order valence-corrected chi connectivity index (χ0v) is 16.1. The second-order valence-electron chi connectivity index (χ2n) is 5.74. The second-order valence-corrected chi connectivity index (χ2v) is 7.14. The standard InChI is InChI=1S/C21H13ClN4OS/c22-15-8-6-13(7-9-15)18(27)12-28-21-17(11-24)19(14-4-2-1-3-5-14)16(10-23)20(25)26-21/h1-9H,12H2,(H2,25,26). The Morgan fingerprint density at radius 3 is 2.29 bits per heavy atom. The lowest BCUT2D eigenvalue weighted by Gasteiger charge is -2.12. The number of ketones is 1. The Labute approximate surface area is 171 Å². The lowest BCUT2D eigenvalue weighted by Crippen LogP contribution is -2.06. The van der Waals surface area contributed by atoms with Gasteiger partial charge < -0.3 is 5.73 Å². The van der Waals surface area contributed by atoms with Gasteiger partial charge in [-0.05, 0) is 29.8 Å². The summed E-state index contributed by atoms with van der Waals surface area (Å²) in [6, 6.07) is 19.8. The molecule has 7 heteroatoms. The first-order valence-electron chi connectivity index (χ1n) is 8.15. The predicted octanol–water partition coefficient (Wildman–Crippen LogP) is 4.70. The van der Waals surface area contributed by atoms with E-state index in [9.17, 15) is 15.3 Å². The topological polar surface area (TPSA) is 104 Å². The van der Waals surface area contributed by atoms with Crippen LogP contribution in [0.4, 0.5) is 5.82 Å². The van der Waals surface area contributed by atoms with Crippen molar-refractivity contribution in [3.63, 3.8) is 0 Å². The van der Waals surface area contributed by atoms with Crippen LogP contribution in [0.15, 0.2) is 59.6 Å². The zero-order chi connectivity index (χ0) is 20.1. The van der Waals surface area contributed by atoms with Crippen LogP contribution < -0.4 is 5.73 Å². The summed E-state index contributed by atoms with van der Waals surface area (Å²) in [6.45, 7) is 0. The highest BCUT2D eigenvalue weighted by molar-refractivity contribution is 8.00. The monoisotopic (exact) mass is 404 g/mol. The number of nitrogen functional groups attached to an aromatic ring is 1. The highest BCUT2D eigenvalue weighted by Gasteiger charge is 2.21. The molecule has 3 aromatic rings. The quantitative estimate of drug-likeness (QED) is 0.488. The first-order valence-corrected chi connectivity index (χ1v) is 9.52. The molecular formula is C21H13ClN4OS. The number of nitrogens with two attached hydrogens (primary N) is 1.